The average molecular weight is 386 g/mol. The summed E-state index contributed by atoms with van der Waals surface area (Å²) < 4.78 is 5.88. The Labute approximate surface area is 164 Å². The fourth-order valence-electron chi connectivity index (χ4n) is 2.66. The third kappa shape index (κ3) is 6.06. The van der Waals surface area contributed by atoms with E-state index in [9.17, 15) is 0 Å². The molecule has 4 heteroatoms. The van der Waals surface area contributed by atoms with E-state index in [1.807, 2.05) is 48.5 Å². The molecule has 1 N–H and O–H groups in total. The van der Waals surface area contributed by atoms with Gasteiger partial charge in [0.1, 0.15) is 12.4 Å². The van der Waals surface area contributed by atoms with Crippen LogP contribution in [0.15, 0.2) is 72.8 Å². The van der Waals surface area contributed by atoms with Crippen molar-refractivity contribution >= 4 is 23.2 Å². The normalized spacial score (nSPS) is 10.7. The van der Waals surface area contributed by atoms with E-state index in [4.69, 9.17) is 27.9 Å². The molecule has 3 aromatic rings. The van der Waals surface area contributed by atoms with Gasteiger partial charge in [-0.15, -0.1) is 0 Å². The van der Waals surface area contributed by atoms with Crippen LogP contribution in [0.5, 0.6) is 5.75 Å². The van der Waals surface area contributed by atoms with E-state index in [0.29, 0.717) is 6.61 Å². The second-order valence-electron chi connectivity index (χ2n) is 6.12. The second-order valence-corrected chi connectivity index (χ2v) is 6.99. The minimum atomic E-state index is 0.508. The Morgan fingerprint density at radius 3 is 2.31 bits per heavy atom. The lowest BCUT2D eigenvalue weighted by Gasteiger charge is -2.09. The number of halogens is 2. The molecule has 26 heavy (non-hydrogen) atoms. The Bertz CT molecular complexity index is 834. The van der Waals surface area contributed by atoms with Crippen molar-refractivity contribution in [1.29, 1.82) is 0 Å². The molecule has 0 saturated carbocycles. The molecular formula is C22H21Cl2NO. The number of ether oxygens (including phenoxy) is 1. The molecule has 0 amide bonds. The van der Waals surface area contributed by atoms with E-state index >= 15 is 0 Å². The highest BCUT2D eigenvalue weighted by molar-refractivity contribution is 6.30. The molecule has 2 nitrogen and oxygen atoms in total. The maximum absolute atomic E-state index is 6.00. The van der Waals surface area contributed by atoms with Crippen LogP contribution in [-0.4, -0.2) is 6.54 Å². The number of hydrogen-bond acceptors (Lipinski definition) is 2. The number of nitrogens with one attached hydrogen (secondary N) is 1. The molecule has 0 fully saturated rings. The number of hydrogen-bond donors (Lipinski definition) is 1. The fraction of sp³-hybridized carbons (Fsp3) is 0.182. The van der Waals surface area contributed by atoms with Gasteiger partial charge in [0.2, 0.25) is 0 Å². The first-order chi connectivity index (χ1) is 12.7. The van der Waals surface area contributed by atoms with Crippen molar-refractivity contribution in [2.75, 3.05) is 6.54 Å². The highest BCUT2D eigenvalue weighted by Gasteiger charge is 2.00. The third-order valence-electron chi connectivity index (χ3n) is 4.03. The Hall–Kier alpha value is -2.00. The predicted octanol–water partition coefficient (Wildman–Crippen LogP) is 5.90. The highest BCUT2D eigenvalue weighted by Crippen LogP contribution is 2.17. The van der Waals surface area contributed by atoms with Crippen molar-refractivity contribution in [2.45, 2.75) is 19.6 Å². The van der Waals surface area contributed by atoms with Crippen LogP contribution < -0.4 is 10.1 Å². The molecule has 0 bridgehead atoms. The molecule has 0 unspecified atom stereocenters. The zero-order chi connectivity index (χ0) is 18.2. The lowest BCUT2D eigenvalue weighted by Crippen LogP contribution is -2.16. The lowest BCUT2D eigenvalue weighted by atomic mass is 10.1. The van der Waals surface area contributed by atoms with Crippen molar-refractivity contribution in [3.8, 4) is 5.75 Å². The summed E-state index contributed by atoms with van der Waals surface area (Å²) >= 11 is 11.9. The lowest BCUT2D eigenvalue weighted by molar-refractivity contribution is 0.306. The summed E-state index contributed by atoms with van der Waals surface area (Å²) in [6, 6.07) is 23.9. The summed E-state index contributed by atoms with van der Waals surface area (Å²) in [6.45, 7) is 2.23. The first-order valence-electron chi connectivity index (χ1n) is 8.60. The maximum atomic E-state index is 6.00. The van der Waals surface area contributed by atoms with E-state index in [1.165, 1.54) is 11.1 Å². The van der Waals surface area contributed by atoms with Gasteiger partial charge in [0.15, 0.2) is 0 Å². The fourth-order valence-corrected chi connectivity index (χ4v) is 2.99. The highest BCUT2D eigenvalue weighted by atomic mass is 35.5. The summed E-state index contributed by atoms with van der Waals surface area (Å²) in [6.07, 6.45) is 0.974. The second kappa shape index (κ2) is 9.63. The number of benzene rings is 3. The van der Waals surface area contributed by atoms with Crippen molar-refractivity contribution in [1.82, 2.24) is 5.32 Å². The standard InChI is InChI=1S/C22H21Cl2NO/c23-20-9-7-17(8-10-20)11-12-25-15-18-3-2-6-22(14-18)26-16-19-4-1-5-21(24)13-19/h1-10,13-14,25H,11-12,15-16H2. The molecular weight excluding hydrogens is 365 g/mol. The van der Waals surface area contributed by atoms with E-state index in [0.717, 1.165) is 40.9 Å². The summed E-state index contributed by atoms with van der Waals surface area (Å²) in [5, 5.41) is 4.97. The monoisotopic (exact) mass is 385 g/mol. The van der Waals surface area contributed by atoms with Crippen LogP contribution in [0.2, 0.25) is 10.0 Å². The molecule has 0 radical (unpaired) electrons. The molecule has 3 aromatic carbocycles. The van der Waals surface area contributed by atoms with Gasteiger partial charge in [0, 0.05) is 16.6 Å². The first kappa shape index (κ1) is 18.8. The van der Waals surface area contributed by atoms with Gasteiger partial charge < -0.3 is 10.1 Å². The molecule has 3 rings (SSSR count). The average Bonchev–Trinajstić information content (AvgIpc) is 2.65. The molecule has 0 aliphatic rings. The maximum Gasteiger partial charge on any atom is 0.120 e. The zero-order valence-electron chi connectivity index (χ0n) is 14.4. The largest absolute Gasteiger partial charge is 0.489 e. The molecule has 0 aliphatic carbocycles. The van der Waals surface area contributed by atoms with Crippen molar-refractivity contribution in [3.05, 3.63) is 99.5 Å². The molecule has 0 spiro atoms. The van der Waals surface area contributed by atoms with Crippen LogP contribution in [0.4, 0.5) is 0 Å². The van der Waals surface area contributed by atoms with Gasteiger partial charge in [-0.2, -0.15) is 0 Å². The van der Waals surface area contributed by atoms with Gasteiger partial charge in [0.25, 0.3) is 0 Å². The van der Waals surface area contributed by atoms with Gasteiger partial charge in [-0.1, -0.05) is 59.6 Å². The van der Waals surface area contributed by atoms with Crippen LogP contribution in [-0.2, 0) is 19.6 Å². The quantitative estimate of drug-likeness (QED) is 0.487. The van der Waals surface area contributed by atoms with Crippen LogP contribution in [0.1, 0.15) is 16.7 Å². The Morgan fingerprint density at radius 2 is 1.50 bits per heavy atom. The van der Waals surface area contributed by atoms with Gasteiger partial charge >= 0.3 is 0 Å². The summed E-state index contributed by atoms with van der Waals surface area (Å²) in [5.41, 5.74) is 3.54. The van der Waals surface area contributed by atoms with Crippen LogP contribution in [0.3, 0.4) is 0 Å². The molecule has 0 aliphatic heterocycles. The minimum absolute atomic E-state index is 0.508. The van der Waals surface area contributed by atoms with Gasteiger partial charge in [-0.05, 0) is 66.1 Å². The van der Waals surface area contributed by atoms with E-state index in [2.05, 4.69) is 29.6 Å². The Kier molecular flexibility index (Phi) is 6.96. The van der Waals surface area contributed by atoms with Crippen LogP contribution in [0, 0.1) is 0 Å². The van der Waals surface area contributed by atoms with E-state index in [-0.39, 0.29) is 0 Å². The number of rotatable bonds is 8. The Balaban J connectivity index is 1.45. The van der Waals surface area contributed by atoms with Gasteiger partial charge in [-0.25, -0.2) is 0 Å². The van der Waals surface area contributed by atoms with Crippen LogP contribution in [0.25, 0.3) is 0 Å². The molecule has 0 aromatic heterocycles. The Morgan fingerprint density at radius 1 is 0.731 bits per heavy atom. The predicted molar refractivity (Wildman–Crippen MR) is 109 cm³/mol. The first-order valence-corrected chi connectivity index (χ1v) is 9.36. The van der Waals surface area contributed by atoms with Crippen LogP contribution >= 0.6 is 23.2 Å². The minimum Gasteiger partial charge on any atom is -0.489 e. The third-order valence-corrected chi connectivity index (χ3v) is 4.51. The van der Waals surface area contributed by atoms with Crippen molar-refractivity contribution in [2.24, 2.45) is 0 Å². The smallest absolute Gasteiger partial charge is 0.120 e. The van der Waals surface area contributed by atoms with Gasteiger partial charge in [-0.3, -0.25) is 0 Å². The summed E-state index contributed by atoms with van der Waals surface area (Å²) in [7, 11) is 0. The van der Waals surface area contributed by atoms with Gasteiger partial charge in [0.05, 0.1) is 0 Å². The summed E-state index contributed by atoms with van der Waals surface area (Å²) in [4.78, 5) is 0. The SMILES string of the molecule is Clc1ccc(CCNCc2cccc(OCc3cccc(Cl)c3)c2)cc1. The molecule has 134 valence electrons. The van der Waals surface area contributed by atoms with E-state index in [1.54, 1.807) is 0 Å². The topological polar surface area (TPSA) is 21.3 Å². The van der Waals surface area contributed by atoms with E-state index < -0.39 is 0 Å². The zero-order valence-corrected chi connectivity index (χ0v) is 15.9. The molecule has 0 atom stereocenters. The van der Waals surface area contributed by atoms with Crippen molar-refractivity contribution < 1.29 is 4.74 Å². The molecule has 0 heterocycles. The molecule has 0 saturated heterocycles. The summed E-state index contributed by atoms with van der Waals surface area (Å²) in [5.74, 6) is 0.863. The van der Waals surface area contributed by atoms with Crippen molar-refractivity contribution in [3.63, 3.8) is 0 Å².